The van der Waals surface area contributed by atoms with Gasteiger partial charge in [0.25, 0.3) is 0 Å². The minimum atomic E-state index is 0.159. The molecule has 3 N–H and O–H groups in total. The van der Waals surface area contributed by atoms with Crippen molar-refractivity contribution in [3.05, 3.63) is 65.9 Å². The van der Waals surface area contributed by atoms with Crippen molar-refractivity contribution in [2.45, 2.75) is 26.0 Å². The first-order chi connectivity index (χ1) is 10.2. The number of aromatic amines is 1. The number of rotatable bonds is 5. The predicted octanol–water partition coefficient (Wildman–Crippen LogP) is 3.64. The minimum Gasteiger partial charge on any atom is -0.489 e. The van der Waals surface area contributed by atoms with E-state index in [0.29, 0.717) is 6.61 Å². The van der Waals surface area contributed by atoms with E-state index in [4.69, 9.17) is 10.5 Å². The van der Waals surface area contributed by atoms with Gasteiger partial charge < -0.3 is 15.5 Å². The molecule has 1 unspecified atom stereocenters. The molecule has 0 saturated heterocycles. The number of fused-ring (bicyclic) bond motifs is 1. The Bertz CT molecular complexity index is 716. The minimum absolute atomic E-state index is 0.159. The lowest BCUT2D eigenvalue weighted by Gasteiger charge is -2.06. The van der Waals surface area contributed by atoms with Gasteiger partial charge in [0.1, 0.15) is 12.4 Å². The summed E-state index contributed by atoms with van der Waals surface area (Å²) in [7, 11) is 0. The molecule has 0 bridgehead atoms. The van der Waals surface area contributed by atoms with Gasteiger partial charge in [-0.1, -0.05) is 30.3 Å². The van der Waals surface area contributed by atoms with Crippen molar-refractivity contribution in [1.82, 2.24) is 4.98 Å². The molecule has 0 fully saturated rings. The van der Waals surface area contributed by atoms with Crippen molar-refractivity contribution >= 4 is 10.9 Å². The molecular formula is C18H20N2O. The molecule has 0 aliphatic heterocycles. The van der Waals surface area contributed by atoms with Crippen LogP contribution in [0, 0.1) is 0 Å². The summed E-state index contributed by atoms with van der Waals surface area (Å²) in [6.45, 7) is 2.60. The van der Waals surface area contributed by atoms with E-state index >= 15 is 0 Å². The lowest BCUT2D eigenvalue weighted by molar-refractivity contribution is 0.306. The highest BCUT2D eigenvalue weighted by Crippen LogP contribution is 2.23. The SMILES string of the molecule is CC(N)Cc1cc2cc(OCc3ccccc3)ccc2[nH]1. The van der Waals surface area contributed by atoms with E-state index in [9.17, 15) is 0 Å². The summed E-state index contributed by atoms with van der Waals surface area (Å²) in [5, 5.41) is 1.16. The number of ether oxygens (including phenoxy) is 1. The largest absolute Gasteiger partial charge is 0.489 e. The smallest absolute Gasteiger partial charge is 0.120 e. The average Bonchev–Trinajstić information content (AvgIpc) is 2.86. The molecule has 3 rings (SSSR count). The van der Waals surface area contributed by atoms with Gasteiger partial charge in [-0.05, 0) is 36.8 Å². The highest BCUT2D eigenvalue weighted by molar-refractivity contribution is 5.81. The van der Waals surface area contributed by atoms with Crippen LogP contribution in [0.15, 0.2) is 54.6 Å². The Morgan fingerprint density at radius 1 is 1.10 bits per heavy atom. The Morgan fingerprint density at radius 3 is 2.67 bits per heavy atom. The summed E-state index contributed by atoms with van der Waals surface area (Å²) < 4.78 is 5.85. The number of H-pyrrole nitrogens is 1. The highest BCUT2D eigenvalue weighted by Gasteiger charge is 2.05. The first-order valence-corrected chi connectivity index (χ1v) is 7.24. The van der Waals surface area contributed by atoms with Crippen LogP contribution in [-0.4, -0.2) is 11.0 Å². The molecule has 108 valence electrons. The van der Waals surface area contributed by atoms with Crippen LogP contribution in [0.5, 0.6) is 5.75 Å². The highest BCUT2D eigenvalue weighted by atomic mass is 16.5. The summed E-state index contributed by atoms with van der Waals surface area (Å²) in [6, 6.07) is 18.6. The second kappa shape index (κ2) is 6.02. The van der Waals surface area contributed by atoms with Gasteiger partial charge in [-0.2, -0.15) is 0 Å². The van der Waals surface area contributed by atoms with Gasteiger partial charge in [-0.25, -0.2) is 0 Å². The van der Waals surface area contributed by atoms with Crippen LogP contribution in [0.25, 0.3) is 10.9 Å². The number of nitrogens with one attached hydrogen (secondary N) is 1. The van der Waals surface area contributed by atoms with Crippen LogP contribution < -0.4 is 10.5 Å². The fourth-order valence-electron chi connectivity index (χ4n) is 2.46. The summed E-state index contributed by atoms with van der Waals surface area (Å²) >= 11 is 0. The number of nitrogens with two attached hydrogens (primary N) is 1. The standard InChI is InChI=1S/C18H20N2O/c1-13(19)9-16-10-15-11-17(7-8-18(15)20-16)21-12-14-5-3-2-4-6-14/h2-8,10-11,13,20H,9,12,19H2,1H3. The van der Waals surface area contributed by atoms with Gasteiger partial charge in [0.15, 0.2) is 0 Å². The number of hydrogen-bond acceptors (Lipinski definition) is 2. The Balaban J connectivity index is 1.74. The third kappa shape index (κ3) is 3.44. The van der Waals surface area contributed by atoms with Gasteiger partial charge in [-0.15, -0.1) is 0 Å². The van der Waals surface area contributed by atoms with E-state index in [-0.39, 0.29) is 6.04 Å². The summed E-state index contributed by atoms with van der Waals surface area (Å²) in [5.74, 6) is 0.887. The molecule has 1 heterocycles. The van der Waals surface area contributed by atoms with Gasteiger partial charge in [0, 0.05) is 29.1 Å². The van der Waals surface area contributed by atoms with Gasteiger partial charge >= 0.3 is 0 Å². The zero-order chi connectivity index (χ0) is 14.7. The van der Waals surface area contributed by atoms with Crippen LogP contribution in [0.3, 0.4) is 0 Å². The monoisotopic (exact) mass is 280 g/mol. The summed E-state index contributed by atoms with van der Waals surface area (Å²) in [4.78, 5) is 3.39. The fraction of sp³-hybridized carbons (Fsp3) is 0.222. The Hall–Kier alpha value is -2.26. The summed E-state index contributed by atoms with van der Waals surface area (Å²) in [6.07, 6.45) is 0.856. The van der Waals surface area contributed by atoms with Gasteiger partial charge in [0.05, 0.1) is 0 Å². The van der Waals surface area contributed by atoms with Crippen LogP contribution in [0.2, 0.25) is 0 Å². The molecule has 0 radical (unpaired) electrons. The molecule has 3 heteroatoms. The zero-order valence-corrected chi connectivity index (χ0v) is 12.2. The second-order valence-electron chi connectivity index (χ2n) is 5.50. The molecule has 0 saturated carbocycles. The van der Waals surface area contributed by atoms with Crippen molar-refractivity contribution < 1.29 is 4.74 Å². The molecule has 0 aliphatic carbocycles. The average molecular weight is 280 g/mol. The molecule has 21 heavy (non-hydrogen) atoms. The van der Waals surface area contributed by atoms with E-state index in [0.717, 1.165) is 23.1 Å². The first-order valence-electron chi connectivity index (χ1n) is 7.24. The molecule has 0 spiro atoms. The number of hydrogen-bond donors (Lipinski definition) is 2. The Morgan fingerprint density at radius 2 is 1.90 bits per heavy atom. The lowest BCUT2D eigenvalue weighted by Crippen LogP contribution is -2.17. The lowest BCUT2D eigenvalue weighted by atomic mass is 10.2. The van der Waals surface area contributed by atoms with Gasteiger partial charge in [0.2, 0.25) is 0 Å². The maximum atomic E-state index is 5.85. The van der Waals surface area contributed by atoms with Crippen LogP contribution in [0.4, 0.5) is 0 Å². The van der Waals surface area contributed by atoms with Crippen molar-refractivity contribution in [3.8, 4) is 5.75 Å². The van der Waals surface area contributed by atoms with E-state index in [1.165, 1.54) is 11.3 Å². The normalized spacial score (nSPS) is 12.5. The fourth-order valence-corrected chi connectivity index (χ4v) is 2.46. The van der Waals surface area contributed by atoms with Crippen LogP contribution >= 0.6 is 0 Å². The first kappa shape index (κ1) is 13.7. The van der Waals surface area contributed by atoms with Crippen molar-refractivity contribution in [2.24, 2.45) is 5.73 Å². The second-order valence-corrected chi connectivity index (χ2v) is 5.50. The Labute approximate surface area is 124 Å². The van der Waals surface area contributed by atoms with Gasteiger partial charge in [-0.3, -0.25) is 0 Å². The van der Waals surface area contributed by atoms with Crippen molar-refractivity contribution in [3.63, 3.8) is 0 Å². The molecule has 3 nitrogen and oxygen atoms in total. The number of benzene rings is 2. The quantitative estimate of drug-likeness (QED) is 0.749. The molecule has 1 atom stereocenters. The topological polar surface area (TPSA) is 51.0 Å². The Kier molecular flexibility index (Phi) is 3.93. The van der Waals surface area contributed by atoms with E-state index < -0.39 is 0 Å². The third-order valence-corrected chi connectivity index (χ3v) is 3.44. The maximum absolute atomic E-state index is 5.85. The van der Waals surface area contributed by atoms with E-state index in [1.807, 2.05) is 31.2 Å². The molecule has 3 aromatic rings. The zero-order valence-electron chi connectivity index (χ0n) is 12.2. The molecule has 0 aliphatic rings. The van der Waals surface area contributed by atoms with Crippen molar-refractivity contribution in [2.75, 3.05) is 0 Å². The van der Waals surface area contributed by atoms with Crippen LogP contribution in [-0.2, 0) is 13.0 Å². The molecule has 0 amide bonds. The molecular weight excluding hydrogens is 260 g/mol. The maximum Gasteiger partial charge on any atom is 0.120 e. The molecule has 2 aromatic carbocycles. The van der Waals surface area contributed by atoms with E-state index in [2.05, 4.69) is 35.3 Å². The molecule has 1 aromatic heterocycles. The van der Waals surface area contributed by atoms with E-state index in [1.54, 1.807) is 0 Å². The van der Waals surface area contributed by atoms with Crippen molar-refractivity contribution in [1.29, 1.82) is 0 Å². The summed E-state index contributed by atoms with van der Waals surface area (Å²) in [5.41, 5.74) is 9.30. The predicted molar refractivity (Wildman–Crippen MR) is 86.4 cm³/mol. The number of aromatic nitrogens is 1. The third-order valence-electron chi connectivity index (χ3n) is 3.44. The van der Waals surface area contributed by atoms with Crippen LogP contribution in [0.1, 0.15) is 18.2 Å².